The van der Waals surface area contributed by atoms with Gasteiger partial charge in [-0.05, 0) is 19.3 Å². The summed E-state index contributed by atoms with van der Waals surface area (Å²) in [6.45, 7) is 3.28. The normalized spacial score (nSPS) is 10.7. The molecule has 0 aliphatic carbocycles. The Hall–Kier alpha value is -0.500. The summed E-state index contributed by atoms with van der Waals surface area (Å²) in [5.41, 5.74) is 0. The molecule has 0 atom stereocenters. The molecule has 1 aromatic rings. The molecular weight excluding hydrogens is 196 g/mol. The second-order valence-corrected chi connectivity index (χ2v) is 3.91. The van der Waals surface area contributed by atoms with Gasteiger partial charge in [0.2, 0.25) is 0 Å². The molecule has 0 unspecified atom stereocenters. The molecule has 0 amide bonds. The fourth-order valence-electron chi connectivity index (χ4n) is 1.55. The fourth-order valence-corrected chi connectivity index (χ4v) is 1.74. The summed E-state index contributed by atoms with van der Waals surface area (Å²) in [4.78, 5) is 4.34. The molecule has 0 radical (unpaired) electrons. The topological polar surface area (TPSA) is 17.8 Å². The van der Waals surface area contributed by atoms with Gasteiger partial charge < -0.3 is 4.57 Å². The van der Waals surface area contributed by atoms with Crippen LogP contribution in [0.15, 0.2) is 12.4 Å². The molecular formula is C11H19ClN2. The van der Waals surface area contributed by atoms with Gasteiger partial charge in [0.25, 0.3) is 0 Å². The zero-order valence-corrected chi connectivity index (χ0v) is 9.63. The Bertz CT molecular complexity index is 245. The lowest BCUT2D eigenvalue weighted by atomic mass is 10.2. The van der Waals surface area contributed by atoms with Gasteiger partial charge in [-0.25, -0.2) is 4.98 Å². The number of hydrogen-bond acceptors (Lipinski definition) is 1. The highest BCUT2D eigenvalue weighted by Gasteiger charge is 2.00. The van der Waals surface area contributed by atoms with Gasteiger partial charge >= 0.3 is 0 Å². The molecule has 0 bridgehead atoms. The molecule has 0 spiro atoms. The number of nitrogens with zero attached hydrogens (tertiary/aromatic N) is 2. The van der Waals surface area contributed by atoms with E-state index in [0.29, 0.717) is 0 Å². The van der Waals surface area contributed by atoms with Crippen molar-refractivity contribution in [3.05, 3.63) is 18.2 Å². The lowest BCUT2D eigenvalue weighted by molar-refractivity contribution is 0.577. The number of aromatic nitrogens is 2. The van der Waals surface area contributed by atoms with E-state index in [1.807, 2.05) is 6.20 Å². The minimum atomic E-state index is 0.783. The van der Waals surface area contributed by atoms with Gasteiger partial charge in [0.15, 0.2) is 0 Å². The summed E-state index contributed by atoms with van der Waals surface area (Å²) in [7, 11) is 0. The molecule has 1 rings (SSSR count). The summed E-state index contributed by atoms with van der Waals surface area (Å²) in [5.74, 6) is 2.00. The van der Waals surface area contributed by atoms with Crippen molar-refractivity contribution in [2.24, 2.45) is 0 Å². The zero-order valence-electron chi connectivity index (χ0n) is 8.88. The largest absolute Gasteiger partial charge is 0.335 e. The third-order valence-corrected chi connectivity index (χ3v) is 2.58. The van der Waals surface area contributed by atoms with Crippen molar-refractivity contribution in [2.75, 3.05) is 5.88 Å². The van der Waals surface area contributed by atoms with Crippen LogP contribution >= 0.6 is 11.6 Å². The van der Waals surface area contributed by atoms with Gasteiger partial charge in [-0.15, -0.1) is 11.6 Å². The Kier molecular flexibility index (Phi) is 5.69. The molecule has 2 nitrogen and oxygen atoms in total. The molecule has 1 aromatic heterocycles. The summed E-state index contributed by atoms with van der Waals surface area (Å²) in [6, 6.07) is 0. The first-order valence-corrected chi connectivity index (χ1v) is 5.98. The SMILES string of the molecule is CCCc1nccn1CCCCCCl. The van der Waals surface area contributed by atoms with E-state index in [2.05, 4.69) is 22.7 Å². The van der Waals surface area contributed by atoms with Crippen LogP contribution in [0.25, 0.3) is 0 Å². The van der Waals surface area contributed by atoms with Gasteiger partial charge in [0.1, 0.15) is 5.82 Å². The number of imidazole rings is 1. The van der Waals surface area contributed by atoms with Crippen LogP contribution in [-0.2, 0) is 13.0 Å². The maximum atomic E-state index is 5.62. The quantitative estimate of drug-likeness (QED) is 0.503. The van der Waals surface area contributed by atoms with Crippen molar-refractivity contribution in [1.82, 2.24) is 9.55 Å². The molecule has 0 aliphatic rings. The van der Waals surface area contributed by atoms with Gasteiger partial charge in [-0.1, -0.05) is 13.3 Å². The fraction of sp³-hybridized carbons (Fsp3) is 0.727. The van der Waals surface area contributed by atoms with E-state index in [9.17, 15) is 0 Å². The van der Waals surface area contributed by atoms with Crippen molar-refractivity contribution in [1.29, 1.82) is 0 Å². The second-order valence-electron chi connectivity index (χ2n) is 3.54. The van der Waals surface area contributed by atoms with Crippen LogP contribution in [0.1, 0.15) is 38.4 Å². The molecule has 0 saturated carbocycles. The Morgan fingerprint density at radius 2 is 2.21 bits per heavy atom. The average molecular weight is 215 g/mol. The zero-order chi connectivity index (χ0) is 10.2. The molecule has 0 saturated heterocycles. The minimum absolute atomic E-state index is 0.783. The van der Waals surface area contributed by atoms with Crippen LogP contribution in [0, 0.1) is 0 Å². The molecule has 1 heterocycles. The number of alkyl halides is 1. The highest BCUT2D eigenvalue weighted by Crippen LogP contribution is 2.05. The maximum Gasteiger partial charge on any atom is 0.108 e. The van der Waals surface area contributed by atoms with Crippen molar-refractivity contribution in [2.45, 2.75) is 45.6 Å². The third-order valence-electron chi connectivity index (χ3n) is 2.31. The van der Waals surface area contributed by atoms with Crippen LogP contribution in [0.4, 0.5) is 0 Å². The summed E-state index contributed by atoms with van der Waals surface area (Å²) in [5, 5.41) is 0. The number of aryl methyl sites for hydroxylation is 2. The van der Waals surface area contributed by atoms with Crippen molar-refractivity contribution >= 4 is 11.6 Å². The van der Waals surface area contributed by atoms with Gasteiger partial charge in [0.05, 0.1) is 0 Å². The van der Waals surface area contributed by atoms with E-state index in [0.717, 1.165) is 25.3 Å². The second kappa shape index (κ2) is 6.88. The lowest BCUT2D eigenvalue weighted by Gasteiger charge is -2.06. The lowest BCUT2D eigenvalue weighted by Crippen LogP contribution is -2.03. The predicted octanol–water partition coefficient (Wildman–Crippen LogP) is 3.24. The molecule has 0 N–H and O–H groups in total. The molecule has 3 heteroatoms. The van der Waals surface area contributed by atoms with E-state index in [4.69, 9.17) is 11.6 Å². The standard InChI is InChI=1S/C11H19ClN2/c1-2-6-11-13-8-10-14(11)9-5-3-4-7-12/h8,10H,2-7,9H2,1H3. The van der Waals surface area contributed by atoms with Crippen molar-refractivity contribution in [3.63, 3.8) is 0 Å². The molecule has 0 aliphatic heterocycles. The van der Waals surface area contributed by atoms with E-state index in [1.54, 1.807) is 0 Å². The Balaban J connectivity index is 2.30. The Morgan fingerprint density at radius 1 is 1.36 bits per heavy atom. The predicted molar refractivity (Wildman–Crippen MR) is 60.8 cm³/mol. The van der Waals surface area contributed by atoms with E-state index in [1.165, 1.54) is 25.1 Å². The van der Waals surface area contributed by atoms with Crippen LogP contribution in [0.5, 0.6) is 0 Å². The van der Waals surface area contributed by atoms with Gasteiger partial charge in [-0.2, -0.15) is 0 Å². The van der Waals surface area contributed by atoms with E-state index >= 15 is 0 Å². The number of hydrogen-bond donors (Lipinski definition) is 0. The van der Waals surface area contributed by atoms with Crippen LogP contribution < -0.4 is 0 Å². The van der Waals surface area contributed by atoms with Crippen LogP contribution in [0.3, 0.4) is 0 Å². The Morgan fingerprint density at radius 3 is 2.93 bits per heavy atom. The first-order chi connectivity index (χ1) is 6.88. The first kappa shape index (κ1) is 11.6. The average Bonchev–Trinajstić information content (AvgIpc) is 2.61. The van der Waals surface area contributed by atoms with Crippen molar-refractivity contribution in [3.8, 4) is 0 Å². The molecule has 0 fully saturated rings. The van der Waals surface area contributed by atoms with Crippen LogP contribution in [0.2, 0.25) is 0 Å². The number of halogens is 1. The van der Waals surface area contributed by atoms with Crippen molar-refractivity contribution < 1.29 is 0 Å². The highest BCUT2D eigenvalue weighted by molar-refractivity contribution is 6.17. The maximum absolute atomic E-state index is 5.62. The molecule has 0 aromatic carbocycles. The van der Waals surface area contributed by atoms with E-state index < -0.39 is 0 Å². The Labute approximate surface area is 91.3 Å². The van der Waals surface area contributed by atoms with E-state index in [-0.39, 0.29) is 0 Å². The number of rotatable bonds is 7. The smallest absolute Gasteiger partial charge is 0.108 e. The third kappa shape index (κ3) is 3.70. The summed E-state index contributed by atoms with van der Waals surface area (Å²) >= 11 is 5.62. The van der Waals surface area contributed by atoms with Gasteiger partial charge in [-0.3, -0.25) is 0 Å². The minimum Gasteiger partial charge on any atom is -0.335 e. The number of unbranched alkanes of at least 4 members (excludes halogenated alkanes) is 2. The molecule has 80 valence electrons. The highest BCUT2D eigenvalue weighted by atomic mass is 35.5. The monoisotopic (exact) mass is 214 g/mol. The summed E-state index contributed by atoms with van der Waals surface area (Å²) in [6.07, 6.45) is 9.77. The van der Waals surface area contributed by atoms with Gasteiger partial charge in [0, 0.05) is 31.2 Å². The molecule has 14 heavy (non-hydrogen) atoms. The summed E-state index contributed by atoms with van der Waals surface area (Å²) < 4.78 is 2.26. The first-order valence-electron chi connectivity index (χ1n) is 5.44. The van der Waals surface area contributed by atoms with Crippen LogP contribution in [-0.4, -0.2) is 15.4 Å².